The molecule has 0 spiro atoms. The van der Waals surface area contributed by atoms with E-state index >= 15 is 0 Å². The van der Waals surface area contributed by atoms with Gasteiger partial charge in [-0.2, -0.15) is 5.26 Å². The third-order valence-electron chi connectivity index (χ3n) is 1.51. The van der Waals surface area contributed by atoms with Gasteiger partial charge in [0.1, 0.15) is 0 Å². The fraction of sp³-hybridized carbons (Fsp3) is 0.875. The topological polar surface area (TPSA) is 82.4 Å². The van der Waals surface area contributed by atoms with E-state index in [2.05, 4.69) is 4.72 Å². The Bertz CT molecular complexity index is 295. The first kappa shape index (κ1) is 14.3. The summed E-state index contributed by atoms with van der Waals surface area (Å²) in [4.78, 5) is 1.97. The number of likely N-dealkylation sites (N-methyl/N-ethyl adjacent to an activating group) is 1. The average Bonchev–Trinajstić information content (AvgIpc) is 2.10. The Balaban J connectivity index is 3.44. The predicted octanol–water partition coefficient (Wildman–Crippen LogP) is -0.992. The molecule has 0 aliphatic rings. The third-order valence-corrected chi connectivity index (χ3v) is 2.66. The fourth-order valence-electron chi connectivity index (χ4n) is 0.755. The van der Waals surface area contributed by atoms with Crippen LogP contribution in [-0.2, 0) is 14.8 Å². The van der Waals surface area contributed by atoms with Gasteiger partial charge in [0.05, 0.1) is 19.3 Å². The summed E-state index contributed by atoms with van der Waals surface area (Å²) in [5, 5.41) is 8.20. The number of rotatable bonds is 8. The van der Waals surface area contributed by atoms with Crippen LogP contribution in [0.25, 0.3) is 0 Å². The van der Waals surface area contributed by atoms with Gasteiger partial charge in [-0.15, -0.1) is 0 Å². The standard InChI is InChI=1S/C8H17N3O3S/c1-11(2)5-7-14-6-4-10-15(12,13)8-3-9/h10H,4-8H2,1-2H3. The molecule has 0 saturated heterocycles. The fourth-order valence-corrected chi connectivity index (χ4v) is 1.42. The van der Waals surface area contributed by atoms with Gasteiger partial charge in [-0.3, -0.25) is 0 Å². The zero-order chi connectivity index (χ0) is 11.7. The SMILES string of the molecule is CN(C)CCOCCNS(=O)(=O)CC#N. The Labute approximate surface area is 90.9 Å². The lowest BCUT2D eigenvalue weighted by molar-refractivity contribution is 0.122. The van der Waals surface area contributed by atoms with E-state index in [-0.39, 0.29) is 6.54 Å². The van der Waals surface area contributed by atoms with Crippen molar-refractivity contribution >= 4 is 10.0 Å². The highest BCUT2D eigenvalue weighted by Gasteiger charge is 2.07. The quantitative estimate of drug-likeness (QED) is 0.546. The molecule has 7 heteroatoms. The number of nitrogens with one attached hydrogen (secondary N) is 1. The van der Waals surface area contributed by atoms with E-state index in [9.17, 15) is 8.42 Å². The molecule has 0 aromatic heterocycles. The maximum absolute atomic E-state index is 11.0. The molecule has 0 aliphatic carbocycles. The summed E-state index contributed by atoms with van der Waals surface area (Å²) in [6, 6.07) is 1.58. The molecule has 15 heavy (non-hydrogen) atoms. The highest BCUT2D eigenvalue weighted by molar-refractivity contribution is 7.89. The lowest BCUT2D eigenvalue weighted by Gasteiger charge is -2.09. The smallest absolute Gasteiger partial charge is 0.225 e. The Morgan fingerprint density at radius 1 is 1.40 bits per heavy atom. The van der Waals surface area contributed by atoms with E-state index in [4.69, 9.17) is 10.00 Å². The molecule has 0 unspecified atom stereocenters. The van der Waals surface area contributed by atoms with Crippen LogP contribution in [0, 0.1) is 11.3 Å². The highest BCUT2D eigenvalue weighted by atomic mass is 32.2. The molecule has 0 amide bonds. The summed E-state index contributed by atoms with van der Waals surface area (Å²) in [5.41, 5.74) is 0. The van der Waals surface area contributed by atoms with Crippen LogP contribution in [0.15, 0.2) is 0 Å². The van der Waals surface area contributed by atoms with Crippen molar-refractivity contribution in [3.63, 3.8) is 0 Å². The monoisotopic (exact) mass is 235 g/mol. The van der Waals surface area contributed by atoms with Crippen LogP contribution in [-0.4, -0.2) is 59.5 Å². The van der Waals surface area contributed by atoms with Crippen LogP contribution in [0.2, 0.25) is 0 Å². The van der Waals surface area contributed by atoms with E-state index in [1.165, 1.54) is 0 Å². The van der Waals surface area contributed by atoms with Crippen molar-refractivity contribution in [3.05, 3.63) is 0 Å². The lowest BCUT2D eigenvalue weighted by atomic mass is 10.6. The van der Waals surface area contributed by atoms with Crippen LogP contribution in [0.5, 0.6) is 0 Å². The van der Waals surface area contributed by atoms with Gasteiger partial charge in [0, 0.05) is 13.1 Å². The summed E-state index contributed by atoms with van der Waals surface area (Å²) < 4.78 is 29.4. The third kappa shape index (κ3) is 9.62. The highest BCUT2D eigenvalue weighted by Crippen LogP contribution is 1.82. The molecule has 0 heterocycles. The van der Waals surface area contributed by atoms with Crippen LogP contribution < -0.4 is 4.72 Å². The minimum Gasteiger partial charge on any atom is -0.379 e. The van der Waals surface area contributed by atoms with Gasteiger partial charge < -0.3 is 9.64 Å². The Hall–Kier alpha value is -0.680. The average molecular weight is 235 g/mol. The summed E-state index contributed by atoms with van der Waals surface area (Å²) >= 11 is 0. The second-order valence-electron chi connectivity index (χ2n) is 3.23. The molecule has 0 aliphatic heterocycles. The van der Waals surface area contributed by atoms with Crippen LogP contribution >= 0.6 is 0 Å². The van der Waals surface area contributed by atoms with Crippen LogP contribution in [0.4, 0.5) is 0 Å². The van der Waals surface area contributed by atoms with Gasteiger partial charge >= 0.3 is 0 Å². The Morgan fingerprint density at radius 3 is 2.60 bits per heavy atom. The molecule has 88 valence electrons. The molecular weight excluding hydrogens is 218 g/mol. The predicted molar refractivity (Wildman–Crippen MR) is 56.8 cm³/mol. The molecule has 0 aromatic carbocycles. The van der Waals surface area contributed by atoms with E-state index in [1.807, 2.05) is 19.0 Å². The molecule has 0 atom stereocenters. The first-order chi connectivity index (χ1) is 6.98. The molecule has 0 radical (unpaired) electrons. The number of hydrogen-bond donors (Lipinski definition) is 1. The van der Waals surface area contributed by atoms with Gasteiger partial charge in [0.15, 0.2) is 5.75 Å². The molecule has 6 nitrogen and oxygen atoms in total. The second-order valence-corrected chi connectivity index (χ2v) is 5.03. The summed E-state index contributed by atoms with van der Waals surface area (Å²) in [5.74, 6) is -0.509. The number of nitriles is 1. The maximum Gasteiger partial charge on any atom is 0.225 e. The number of ether oxygens (including phenoxy) is 1. The Kier molecular flexibility index (Phi) is 7.25. The first-order valence-corrected chi connectivity index (χ1v) is 6.20. The van der Waals surface area contributed by atoms with Crippen molar-refractivity contribution in [2.24, 2.45) is 0 Å². The van der Waals surface area contributed by atoms with Crippen molar-refractivity contribution < 1.29 is 13.2 Å². The zero-order valence-corrected chi connectivity index (χ0v) is 9.88. The minimum absolute atomic E-state index is 0.206. The van der Waals surface area contributed by atoms with Crippen molar-refractivity contribution in [2.45, 2.75) is 0 Å². The molecule has 0 saturated carbocycles. The van der Waals surface area contributed by atoms with Crippen LogP contribution in [0.1, 0.15) is 0 Å². The Morgan fingerprint density at radius 2 is 2.07 bits per heavy atom. The second kappa shape index (κ2) is 7.59. The summed E-state index contributed by atoms with van der Waals surface area (Å²) in [6.07, 6.45) is 0. The van der Waals surface area contributed by atoms with Gasteiger partial charge in [0.25, 0.3) is 0 Å². The zero-order valence-electron chi connectivity index (χ0n) is 9.06. The van der Waals surface area contributed by atoms with E-state index < -0.39 is 15.8 Å². The molecule has 0 bridgehead atoms. The van der Waals surface area contributed by atoms with Crippen LogP contribution in [0.3, 0.4) is 0 Å². The first-order valence-electron chi connectivity index (χ1n) is 4.54. The minimum atomic E-state index is -3.44. The largest absolute Gasteiger partial charge is 0.379 e. The van der Waals surface area contributed by atoms with E-state index in [0.29, 0.717) is 13.2 Å². The molecule has 0 fully saturated rings. The normalized spacial score (nSPS) is 11.6. The van der Waals surface area contributed by atoms with Crippen molar-refractivity contribution in [1.82, 2.24) is 9.62 Å². The molecule has 0 rings (SSSR count). The van der Waals surface area contributed by atoms with E-state index in [1.54, 1.807) is 6.07 Å². The van der Waals surface area contributed by atoms with Crippen molar-refractivity contribution in [3.8, 4) is 6.07 Å². The lowest BCUT2D eigenvalue weighted by Crippen LogP contribution is -2.30. The maximum atomic E-state index is 11.0. The van der Waals surface area contributed by atoms with E-state index in [0.717, 1.165) is 6.54 Å². The van der Waals surface area contributed by atoms with Gasteiger partial charge in [0.2, 0.25) is 10.0 Å². The van der Waals surface area contributed by atoms with Gasteiger partial charge in [-0.05, 0) is 14.1 Å². The summed E-state index contributed by atoms with van der Waals surface area (Å²) in [7, 11) is 0.422. The molecule has 0 aromatic rings. The van der Waals surface area contributed by atoms with Gasteiger partial charge in [-0.25, -0.2) is 13.1 Å². The summed E-state index contributed by atoms with van der Waals surface area (Å²) in [6.45, 7) is 1.88. The molecule has 1 N–H and O–H groups in total. The molecular formula is C8H17N3O3S. The van der Waals surface area contributed by atoms with Gasteiger partial charge in [-0.1, -0.05) is 0 Å². The van der Waals surface area contributed by atoms with Crippen molar-refractivity contribution in [1.29, 1.82) is 5.26 Å². The number of sulfonamides is 1. The van der Waals surface area contributed by atoms with Crippen molar-refractivity contribution in [2.75, 3.05) is 46.2 Å². The number of hydrogen-bond acceptors (Lipinski definition) is 5. The number of nitrogens with zero attached hydrogens (tertiary/aromatic N) is 2.